The fraction of sp³-hybridized carbons (Fsp3) is 0.524. The lowest BCUT2D eigenvalue weighted by Gasteiger charge is -2.38. The summed E-state index contributed by atoms with van der Waals surface area (Å²) in [4.78, 5) is 12.2. The van der Waals surface area contributed by atoms with Crippen molar-refractivity contribution in [1.82, 2.24) is 25.1 Å². The minimum absolute atomic E-state index is 0.359. The molecule has 2 bridgehead atoms. The van der Waals surface area contributed by atoms with E-state index in [-0.39, 0.29) is 0 Å². The third kappa shape index (κ3) is 3.61. The van der Waals surface area contributed by atoms with E-state index >= 15 is 0 Å². The predicted molar refractivity (Wildman–Crippen MR) is 119 cm³/mol. The monoisotopic (exact) mass is 422 g/mol. The van der Waals surface area contributed by atoms with E-state index in [9.17, 15) is 0 Å². The normalized spacial score (nSPS) is 23.6. The van der Waals surface area contributed by atoms with Crippen LogP contribution in [0.5, 0.6) is 0 Å². The van der Waals surface area contributed by atoms with E-state index in [1.165, 1.54) is 12.8 Å². The Hall–Kier alpha value is -2.70. The van der Waals surface area contributed by atoms with Gasteiger partial charge in [0.05, 0.1) is 16.3 Å². The summed E-state index contributed by atoms with van der Waals surface area (Å²) in [5.41, 5.74) is 3.15. The van der Waals surface area contributed by atoms with Crippen molar-refractivity contribution in [3.8, 4) is 6.07 Å². The summed E-state index contributed by atoms with van der Waals surface area (Å²) in [6.45, 7) is 4.96. The molecule has 8 nitrogen and oxygen atoms in total. The van der Waals surface area contributed by atoms with Gasteiger partial charge in [0.1, 0.15) is 0 Å². The van der Waals surface area contributed by atoms with E-state index in [0.29, 0.717) is 30.5 Å². The minimum atomic E-state index is 0.359. The van der Waals surface area contributed by atoms with Crippen LogP contribution in [0.2, 0.25) is 0 Å². The van der Waals surface area contributed by atoms with E-state index in [0.717, 1.165) is 52.5 Å². The molecule has 2 fully saturated rings. The van der Waals surface area contributed by atoms with E-state index in [1.54, 1.807) is 11.3 Å². The minimum Gasteiger partial charge on any atom is -0.351 e. The molecule has 0 radical (unpaired) electrons. The molecule has 5 heterocycles. The second-order valence-electron chi connectivity index (χ2n) is 8.40. The van der Waals surface area contributed by atoms with Gasteiger partial charge in [-0.1, -0.05) is 0 Å². The Bertz CT molecular complexity index is 1080. The number of aromatic nitrogens is 4. The molecule has 9 heteroatoms. The lowest BCUT2D eigenvalue weighted by molar-refractivity contribution is 0.135. The Morgan fingerprint density at radius 2 is 2.07 bits per heavy atom. The first-order chi connectivity index (χ1) is 14.6. The zero-order valence-corrected chi connectivity index (χ0v) is 18.1. The van der Waals surface area contributed by atoms with Crippen molar-refractivity contribution in [3.63, 3.8) is 0 Å². The maximum atomic E-state index is 8.94. The molecule has 30 heavy (non-hydrogen) atoms. The van der Waals surface area contributed by atoms with E-state index in [1.807, 2.05) is 13.0 Å². The molecule has 2 saturated heterocycles. The number of rotatable bonds is 6. The summed E-state index contributed by atoms with van der Waals surface area (Å²) in [6, 6.07) is 5.74. The van der Waals surface area contributed by atoms with Crippen LogP contribution < -0.4 is 10.6 Å². The van der Waals surface area contributed by atoms with Gasteiger partial charge in [-0.15, -0.1) is 11.3 Å². The highest BCUT2D eigenvalue weighted by Gasteiger charge is 2.40. The van der Waals surface area contributed by atoms with Gasteiger partial charge in [0.15, 0.2) is 11.6 Å². The highest BCUT2D eigenvalue weighted by molar-refractivity contribution is 7.18. The molecular weight excluding hydrogens is 396 g/mol. The van der Waals surface area contributed by atoms with Gasteiger partial charge in [0.25, 0.3) is 0 Å². The van der Waals surface area contributed by atoms with E-state index in [2.05, 4.69) is 44.1 Å². The third-order valence-corrected chi connectivity index (χ3v) is 7.34. The highest BCUT2D eigenvalue weighted by atomic mass is 32.1. The SMILES string of the molecule is Cc1cc(Nc2nc(N[C@@H]3C[C@H]4CC[C@@H](C3)N4CCC#N)nc3c(C)csc23)n[nH]1. The number of nitrogens with zero attached hydrogens (tertiary/aromatic N) is 5. The quantitative estimate of drug-likeness (QED) is 0.549. The van der Waals surface area contributed by atoms with Gasteiger partial charge in [-0.3, -0.25) is 10.00 Å². The van der Waals surface area contributed by atoms with Gasteiger partial charge < -0.3 is 10.6 Å². The maximum Gasteiger partial charge on any atom is 0.225 e. The van der Waals surface area contributed by atoms with Gasteiger partial charge in [0.2, 0.25) is 5.95 Å². The van der Waals surface area contributed by atoms with Gasteiger partial charge in [0, 0.05) is 42.9 Å². The number of hydrogen-bond acceptors (Lipinski definition) is 8. The summed E-state index contributed by atoms with van der Waals surface area (Å²) in [5.74, 6) is 2.23. The second kappa shape index (κ2) is 7.85. The summed E-state index contributed by atoms with van der Waals surface area (Å²) >= 11 is 1.65. The third-order valence-electron chi connectivity index (χ3n) is 6.24. The summed E-state index contributed by atoms with van der Waals surface area (Å²) in [5, 5.41) is 25.3. The van der Waals surface area contributed by atoms with Crippen molar-refractivity contribution in [2.24, 2.45) is 0 Å². The molecule has 3 atom stereocenters. The standard InChI is InChI=1S/C21H26N8S/c1-12-11-30-19-18(12)25-21(26-20(19)24-17-8-13(2)27-28-17)23-14-9-15-4-5-16(10-14)29(15)7-3-6-22/h8,11,14-16H,3-5,7,9-10H2,1-2H3,(H3,23,24,25,26,27,28)/t14-,15-,16+. The van der Waals surface area contributed by atoms with Gasteiger partial charge in [-0.05, 0) is 50.5 Å². The van der Waals surface area contributed by atoms with Crippen LogP contribution in [0, 0.1) is 25.2 Å². The number of anilines is 3. The second-order valence-corrected chi connectivity index (χ2v) is 9.28. The van der Waals surface area contributed by atoms with Gasteiger partial charge in [-0.25, -0.2) is 4.98 Å². The number of aryl methyl sites for hydroxylation is 2. The maximum absolute atomic E-state index is 8.94. The molecule has 0 saturated carbocycles. The lowest BCUT2D eigenvalue weighted by atomic mass is 9.97. The van der Waals surface area contributed by atoms with Crippen LogP contribution in [0.4, 0.5) is 17.6 Å². The van der Waals surface area contributed by atoms with Crippen LogP contribution in [0.3, 0.4) is 0 Å². The Kier molecular flexibility index (Phi) is 5.05. The van der Waals surface area contributed by atoms with Crippen LogP contribution in [0.15, 0.2) is 11.4 Å². The van der Waals surface area contributed by atoms with Crippen molar-refractivity contribution < 1.29 is 0 Å². The van der Waals surface area contributed by atoms with Crippen LogP contribution in [-0.2, 0) is 0 Å². The predicted octanol–water partition coefficient (Wildman–Crippen LogP) is 4.10. The molecule has 2 aliphatic rings. The lowest BCUT2D eigenvalue weighted by Crippen LogP contribution is -2.47. The fourth-order valence-electron chi connectivity index (χ4n) is 4.90. The van der Waals surface area contributed by atoms with Crippen LogP contribution >= 0.6 is 11.3 Å². The average Bonchev–Trinajstić information content (AvgIpc) is 3.37. The van der Waals surface area contributed by atoms with Crippen LogP contribution in [-0.4, -0.2) is 49.7 Å². The van der Waals surface area contributed by atoms with Crippen molar-refractivity contribution in [1.29, 1.82) is 5.26 Å². The van der Waals surface area contributed by atoms with Crippen molar-refractivity contribution >= 4 is 39.1 Å². The molecule has 0 aromatic carbocycles. The molecule has 3 N–H and O–H groups in total. The van der Waals surface area contributed by atoms with Crippen molar-refractivity contribution in [3.05, 3.63) is 22.7 Å². The first kappa shape index (κ1) is 19.3. The largest absolute Gasteiger partial charge is 0.351 e. The molecule has 0 unspecified atom stereocenters. The number of piperidine rings is 1. The van der Waals surface area contributed by atoms with Crippen molar-refractivity contribution in [2.45, 2.75) is 64.1 Å². The molecule has 3 aromatic rings. The Morgan fingerprint density at radius 1 is 1.27 bits per heavy atom. The number of thiophene rings is 1. The van der Waals surface area contributed by atoms with Crippen LogP contribution in [0.1, 0.15) is 43.4 Å². The van der Waals surface area contributed by atoms with Gasteiger partial charge >= 0.3 is 0 Å². The summed E-state index contributed by atoms with van der Waals surface area (Å²) in [6.07, 6.45) is 5.22. The molecule has 0 aliphatic carbocycles. The number of nitrogens with one attached hydrogen (secondary N) is 3. The molecule has 5 rings (SSSR count). The van der Waals surface area contributed by atoms with Gasteiger partial charge in [-0.2, -0.15) is 15.3 Å². The molecule has 156 valence electrons. The van der Waals surface area contributed by atoms with E-state index in [4.69, 9.17) is 15.2 Å². The smallest absolute Gasteiger partial charge is 0.225 e. The Balaban J connectivity index is 1.37. The number of fused-ring (bicyclic) bond motifs is 3. The Morgan fingerprint density at radius 3 is 2.77 bits per heavy atom. The molecule has 2 aliphatic heterocycles. The zero-order valence-electron chi connectivity index (χ0n) is 17.3. The topological polar surface area (TPSA) is 106 Å². The Labute approximate surface area is 179 Å². The number of H-pyrrole nitrogens is 1. The molecule has 0 spiro atoms. The first-order valence-corrected chi connectivity index (χ1v) is 11.4. The highest BCUT2D eigenvalue weighted by Crippen LogP contribution is 2.37. The van der Waals surface area contributed by atoms with Crippen LogP contribution in [0.25, 0.3) is 10.2 Å². The molecular formula is C21H26N8S. The zero-order chi connectivity index (χ0) is 20.7. The fourth-order valence-corrected chi connectivity index (χ4v) is 5.84. The average molecular weight is 423 g/mol. The van der Waals surface area contributed by atoms with Crippen molar-refractivity contribution in [2.75, 3.05) is 17.2 Å². The van der Waals surface area contributed by atoms with E-state index < -0.39 is 0 Å². The first-order valence-electron chi connectivity index (χ1n) is 10.5. The number of aromatic amines is 1. The number of nitriles is 1. The summed E-state index contributed by atoms with van der Waals surface area (Å²) in [7, 11) is 0. The number of hydrogen-bond donors (Lipinski definition) is 3. The molecule has 0 amide bonds. The molecule has 3 aromatic heterocycles. The summed E-state index contributed by atoms with van der Waals surface area (Å²) < 4.78 is 1.05.